The van der Waals surface area contributed by atoms with Crippen LogP contribution < -0.4 is 0 Å². The fourth-order valence-corrected chi connectivity index (χ4v) is 0.0577. The molecular weight excluding hydrogens is 164 g/mol. The summed E-state index contributed by atoms with van der Waals surface area (Å²) in [5.74, 6) is 0. The molecular formula is C3H8Ca2O3. The molecule has 0 aromatic rings. The maximum Gasteiger partial charge on any atom is 0.100 e. The molecule has 5 heteroatoms. The molecule has 0 saturated heterocycles. The number of rotatable bonds is 2. The molecule has 0 aromatic carbocycles. The van der Waals surface area contributed by atoms with Gasteiger partial charge in [0.05, 0.1) is 13.2 Å². The molecule has 4 radical (unpaired) electrons. The van der Waals surface area contributed by atoms with Crippen LogP contribution in [0.4, 0.5) is 0 Å². The van der Waals surface area contributed by atoms with Crippen molar-refractivity contribution in [1.29, 1.82) is 0 Å². The van der Waals surface area contributed by atoms with E-state index in [0.29, 0.717) is 0 Å². The monoisotopic (exact) mass is 172 g/mol. The second-order valence-corrected chi connectivity index (χ2v) is 1.02. The van der Waals surface area contributed by atoms with Gasteiger partial charge in [-0.05, 0) is 0 Å². The Balaban J connectivity index is -0.000000125. The SMILES string of the molecule is OCC(O)CO.[Ca].[Ca]. The Morgan fingerprint density at radius 3 is 1.25 bits per heavy atom. The normalized spacial score (nSPS) is 7.50. The molecule has 0 aliphatic heterocycles. The molecule has 0 saturated carbocycles. The predicted octanol–water partition coefficient (Wildman–Crippen LogP) is -2.43. The summed E-state index contributed by atoms with van der Waals surface area (Å²) < 4.78 is 0. The van der Waals surface area contributed by atoms with E-state index in [2.05, 4.69) is 0 Å². The predicted molar refractivity (Wildman–Crippen MR) is 31.7 cm³/mol. The quantitative estimate of drug-likeness (QED) is 0.406. The summed E-state index contributed by atoms with van der Waals surface area (Å²) in [6, 6.07) is 0. The van der Waals surface area contributed by atoms with E-state index in [0.717, 1.165) is 0 Å². The van der Waals surface area contributed by atoms with Crippen LogP contribution in [-0.2, 0) is 0 Å². The summed E-state index contributed by atoms with van der Waals surface area (Å²) >= 11 is 0. The van der Waals surface area contributed by atoms with Gasteiger partial charge in [-0.1, -0.05) is 0 Å². The minimum absolute atomic E-state index is 0. The van der Waals surface area contributed by atoms with Crippen molar-refractivity contribution in [3.8, 4) is 0 Å². The van der Waals surface area contributed by atoms with Crippen molar-refractivity contribution < 1.29 is 15.3 Å². The van der Waals surface area contributed by atoms with Crippen LogP contribution in [0.1, 0.15) is 0 Å². The molecule has 3 N–H and O–H groups in total. The van der Waals surface area contributed by atoms with Gasteiger partial charge in [0.1, 0.15) is 6.10 Å². The molecule has 0 spiro atoms. The third-order valence-corrected chi connectivity index (χ3v) is 0.421. The van der Waals surface area contributed by atoms with E-state index < -0.39 is 6.10 Å². The van der Waals surface area contributed by atoms with Crippen molar-refractivity contribution >= 4 is 75.5 Å². The first kappa shape index (κ1) is 16.8. The zero-order valence-corrected chi connectivity index (χ0v) is 9.16. The van der Waals surface area contributed by atoms with Crippen LogP contribution in [0.15, 0.2) is 0 Å². The molecule has 0 bridgehead atoms. The van der Waals surface area contributed by atoms with Gasteiger partial charge < -0.3 is 15.3 Å². The fourth-order valence-electron chi connectivity index (χ4n) is 0.0577. The van der Waals surface area contributed by atoms with E-state index in [4.69, 9.17) is 15.3 Å². The first-order valence-electron chi connectivity index (χ1n) is 1.71. The average Bonchev–Trinajstić information content (AvgIpc) is 1.65. The average molecular weight is 172 g/mol. The number of aliphatic hydroxyl groups excluding tert-OH is 3. The number of aliphatic hydroxyl groups is 3. The molecule has 0 aromatic heterocycles. The molecule has 8 heavy (non-hydrogen) atoms. The summed E-state index contributed by atoms with van der Waals surface area (Å²) in [4.78, 5) is 0. The Kier molecular flexibility index (Phi) is 25.4. The molecule has 42 valence electrons. The molecule has 0 unspecified atom stereocenters. The Morgan fingerprint density at radius 1 is 1.00 bits per heavy atom. The van der Waals surface area contributed by atoms with Crippen LogP contribution in [0.25, 0.3) is 0 Å². The largest absolute Gasteiger partial charge is 0.394 e. The van der Waals surface area contributed by atoms with Crippen molar-refractivity contribution in [3.05, 3.63) is 0 Å². The summed E-state index contributed by atoms with van der Waals surface area (Å²) in [5, 5.41) is 24.0. The van der Waals surface area contributed by atoms with E-state index in [-0.39, 0.29) is 88.7 Å². The fraction of sp³-hybridized carbons (Fsp3) is 1.00. The van der Waals surface area contributed by atoms with Gasteiger partial charge in [-0.25, -0.2) is 0 Å². The smallest absolute Gasteiger partial charge is 0.100 e. The second kappa shape index (κ2) is 12.1. The number of hydrogen-bond acceptors (Lipinski definition) is 3. The van der Waals surface area contributed by atoms with Crippen LogP contribution >= 0.6 is 0 Å². The van der Waals surface area contributed by atoms with Gasteiger partial charge in [0.15, 0.2) is 0 Å². The van der Waals surface area contributed by atoms with Crippen molar-refractivity contribution in [1.82, 2.24) is 0 Å². The third-order valence-electron chi connectivity index (χ3n) is 0.421. The third kappa shape index (κ3) is 11.2. The van der Waals surface area contributed by atoms with Gasteiger partial charge in [0.25, 0.3) is 0 Å². The zero-order chi connectivity index (χ0) is 4.99. The van der Waals surface area contributed by atoms with Crippen molar-refractivity contribution in [2.24, 2.45) is 0 Å². The van der Waals surface area contributed by atoms with E-state index in [1.54, 1.807) is 0 Å². The van der Waals surface area contributed by atoms with Crippen LogP contribution in [-0.4, -0.2) is 110 Å². The van der Waals surface area contributed by atoms with Gasteiger partial charge in [-0.3, -0.25) is 0 Å². The second-order valence-electron chi connectivity index (χ2n) is 1.02. The first-order valence-corrected chi connectivity index (χ1v) is 1.71. The Hall–Kier alpha value is 2.40. The maximum atomic E-state index is 8.17. The van der Waals surface area contributed by atoms with Crippen LogP contribution in [0.2, 0.25) is 0 Å². The number of hydrogen-bond donors (Lipinski definition) is 3. The molecule has 0 aliphatic rings. The van der Waals surface area contributed by atoms with E-state index in [1.165, 1.54) is 0 Å². The molecule has 0 rings (SSSR count). The van der Waals surface area contributed by atoms with Crippen LogP contribution in [0.3, 0.4) is 0 Å². The Morgan fingerprint density at radius 2 is 1.25 bits per heavy atom. The van der Waals surface area contributed by atoms with Gasteiger partial charge in [-0.2, -0.15) is 0 Å². The topological polar surface area (TPSA) is 60.7 Å². The molecule has 0 heterocycles. The Bertz CT molecular complexity index is 31.7. The molecule has 0 fully saturated rings. The summed E-state index contributed by atoms with van der Waals surface area (Å²) in [7, 11) is 0. The van der Waals surface area contributed by atoms with Gasteiger partial charge >= 0.3 is 0 Å². The molecule has 0 atom stereocenters. The zero-order valence-electron chi connectivity index (χ0n) is 4.75. The van der Waals surface area contributed by atoms with E-state index in [1.807, 2.05) is 0 Å². The summed E-state index contributed by atoms with van der Waals surface area (Å²) in [5.41, 5.74) is 0. The van der Waals surface area contributed by atoms with Gasteiger partial charge in [-0.15, -0.1) is 0 Å². The summed E-state index contributed by atoms with van der Waals surface area (Å²) in [6.45, 7) is -0.729. The van der Waals surface area contributed by atoms with Crippen LogP contribution in [0, 0.1) is 0 Å². The van der Waals surface area contributed by atoms with Gasteiger partial charge in [0, 0.05) is 75.5 Å². The first-order chi connectivity index (χ1) is 2.81. The van der Waals surface area contributed by atoms with E-state index >= 15 is 0 Å². The van der Waals surface area contributed by atoms with Crippen molar-refractivity contribution in [2.75, 3.05) is 13.2 Å². The van der Waals surface area contributed by atoms with E-state index in [9.17, 15) is 0 Å². The summed E-state index contributed by atoms with van der Waals surface area (Å²) in [6.07, 6.45) is -0.954. The minimum atomic E-state index is -0.954. The van der Waals surface area contributed by atoms with Gasteiger partial charge in [0.2, 0.25) is 0 Å². The standard InChI is InChI=1S/C3H8O3.2Ca/c4-1-3(6)2-5;;/h3-6H,1-2H2;;. The van der Waals surface area contributed by atoms with Crippen molar-refractivity contribution in [2.45, 2.75) is 6.10 Å². The van der Waals surface area contributed by atoms with Crippen molar-refractivity contribution in [3.63, 3.8) is 0 Å². The van der Waals surface area contributed by atoms with Crippen LogP contribution in [0.5, 0.6) is 0 Å². The molecule has 0 amide bonds. The Labute approximate surface area is 108 Å². The maximum absolute atomic E-state index is 8.17. The molecule has 0 aliphatic carbocycles. The molecule has 3 nitrogen and oxygen atoms in total. The minimum Gasteiger partial charge on any atom is -0.394 e.